The minimum Gasteiger partial charge on any atom is -0.772 e. The van der Waals surface area contributed by atoms with Gasteiger partial charge in [-0.05, 0) is 31.2 Å². The van der Waals surface area contributed by atoms with Crippen molar-refractivity contribution in [1.29, 1.82) is 0 Å². The molecule has 2 fully saturated rings. The van der Waals surface area contributed by atoms with E-state index in [4.69, 9.17) is 0 Å². The Kier molecular flexibility index (Phi) is 4.10. The average Bonchev–Trinajstić information content (AvgIpc) is 2.99. The molecule has 19 heavy (non-hydrogen) atoms. The fraction of sp³-hybridized carbons (Fsp3) is 1.00. The minimum absolute atomic E-state index is 0.000440. The Morgan fingerprint density at radius 3 is 2.47 bits per heavy atom. The number of sulfonamides is 1. The number of piperidine rings is 1. The lowest BCUT2D eigenvalue weighted by molar-refractivity contribution is 0.0201. The number of hydrogen-bond acceptors (Lipinski definition) is 5. The van der Waals surface area contributed by atoms with Crippen LogP contribution in [0, 0.1) is 17.3 Å². The van der Waals surface area contributed by atoms with Gasteiger partial charge >= 0.3 is 0 Å². The maximum Gasteiger partial charge on any atom is 0.210 e. The maximum atomic E-state index is 11.5. The van der Waals surface area contributed by atoms with Crippen molar-refractivity contribution >= 4 is 21.1 Å². The van der Waals surface area contributed by atoms with Crippen LogP contribution >= 0.6 is 0 Å². The molecule has 6 nitrogen and oxygen atoms in total. The van der Waals surface area contributed by atoms with Crippen LogP contribution < -0.4 is 4.72 Å². The zero-order chi connectivity index (χ0) is 14.4. The van der Waals surface area contributed by atoms with Gasteiger partial charge in [-0.3, -0.25) is 9.11 Å². The first kappa shape index (κ1) is 15.4. The maximum absolute atomic E-state index is 11.5. The van der Waals surface area contributed by atoms with Crippen LogP contribution in [-0.2, 0) is 21.1 Å². The quantitative estimate of drug-likeness (QED) is 0.721. The van der Waals surface area contributed by atoms with Crippen LogP contribution in [-0.4, -0.2) is 53.8 Å². The summed E-state index contributed by atoms with van der Waals surface area (Å²) < 4.78 is 47.7. The van der Waals surface area contributed by atoms with E-state index in [-0.39, 0.29) is 23.0 Å². The molecule has 1 saturated carbocycles. The van der Waals surface area contributed by atoms with Crippen molar-refractivity contribution in [3.8, 4) is 0 Å². The van der Waals surface area contributed by atoms with Gasteiger partial charge in [0.05, 0.1) is 12.4 Å². The summed E-state index contributed by atoms with van der Waals surface area (Å²) >= 11 is -2.16. The zero-order valence-corrected chi connectivity index (χ0v) is 13.1. The summed E-state index contributed by atoms with van der Waals surface area (Å²) in [6, 6.07) is 0. The monoisotopic (exact) mass is 309 g/mol. The first-order chi connectivity index (χ1) is 8.65. The number of nitrogens with one attached hydrogen (secondary N) is 1. The molecular formula is C11H21N2O4S2-. The Morgan fingerprint density at radius 2 is 2.05 bits per heavy atom. The van der Waals surface area contributed by atoms with Crippen molar-refractivity contribution in [3.05, 3.63) is 0 Å². The molecule has 1 saturated heterocycles. The molecule has 0 bridgehead atoms. The third-order valence-electron chi connectivity index (χ3n) is 4.61. The summed E-state index contributed by atoms with van der Waals surface area (Å²) in [6.07, 6.45) is 2.88. The van der Waals surface area contributed by atoms with Crippen molar-refractivity contribution in [2.24, 2.45) is 17.3 Å². The molecule has 8 heteroatoms. The Hall–Kier alpha value is -0.0200. The SMILES string of the molecule is CC1C(CS(=O)[O-])C(NS(C)(=O)=O)N(C)CC12CC2. The van der Waals surface area contributed by atoms with Gasteiger partial charge in [-0.25, -0.2) is 8.42 Å². The van der Waals surface area contributed by atoms with Crippen LogP contribution in [0.5, 0.6) is 0 Å². The molecule has 1 N–H and O–H groups in total. The van der Waals surface area contributed by atoms with E-state index in [1.165, 1.54) is 0 Å². The molecular weight excluding hydrogens is 288 g/mol. The first-order valence-corrected chi connectivity index (χ1v) is 9.52. The van der Waals surface area contributed by atoms with Crippen LogP contribution in [0.15, 0.2) is 0 Å². The molecule has 0 radical (unpaired) electrons. The van der Waals surface area contributed by atoms with Gasteiger partial charge in [0.1, 0.15) is 0 Å². The molecule has 1 aliphatic carbocycles. The standard InChI is InChI=1S/C11H22N2O4S2/c1-8-9(6-18(14)15)10(12-19(3,16)17)13(2)7-11(8)4-5-11/h8-10,12H,4-7H2,1-3H3,(H,14,15)/p-1. The van der Waals surface area contributed by atoms with E-state index in [1.54, 1.807) is 0 Å². The Bertz CT molecular complexity index is 475. The van der Waals surface area contributed by atoms with E-state index >= 15 is 0 Å². The smallest absolute Gasteiger partial charge is 0.210 e. The second-order valence-electron chi connectivity index (χ2n) is 6.04. The highest BCUT2D eigenvalue weighted by atomic mass is 32.2. The average molecular weight is 309 g/mol. The second-order valence-corrected chi connectivity index (χ2v) is 8.76. The van der Waals surface area contributed by atoms with Crippen molar-refractivity contribution in [3.63, 3.8) is 0 Å². The highest BCUT2D eigenvalue weighted by Gasteiger charge is 2.56. The summed E-state index contributed by atoms with van der Waals surface area (Å²) in [6.45, 7) is 2.87. The lowest BCUT2D eigenvalue weighted by atomic mass is 9.75. The van der Waals surface area contributed by atoms with E-state index in [9.17, 15) is 17.2 Å². The molecule has 2 rings (SSSR count). The fourth-order valence-electron chi connectivity index (χ4n) is 3.36. The molecule has 1 spiro atoms. The van der Waals surface area contributed by atoms with Gasteiger partial charge < -0.3 is 4.55 Å². The molecule has 112 valence electrons. The summed E-state index contributed by atoms with van der Waals surface area (Å²) in [4.78, 5) is 1.95. The largest absolute Gasteiger partial charge is 0.772 e. The van der Waals surface area contributed by atoms with Crippen LogP contribution in [0.1, 0.15) is 19.8 Å². The summed E-state index contributed by atoms with van der Waals surface area (Å²) in [5.41, 5.74) is 0.189. The van der Waals surface area contributed by atoms with Gasteiger partial charge in [0, 0.05) is 18.2 Å². The van der Waals surface area contributed by atoms with Gasteiger partial charge in [-0.15, -0.1) is 0 Å². The number of rotatable bonds is 4. The number of likely N-dealkylation sites (tertiary alicyclic amines) is 1. The van der Waals surface area contributed by atoms with Crippen molar-refractivity contribution in [1.82, 2.24) is 9.62 Å². The van der Waals surface area contributed by atoms with Gasteiger partial charge in [0.15, 0.2) is 0 Å². The Labute approximate surface area is 117 Å². The Morgan fingerprint density at radius 1 is 1.47 bits per heavy atom. The summed E-state index contributed by atoms with van der Waals surface area (Å²) in [5, 5.41) is 0. The zero-order valence-electron chi connectivity index (χ0n) is 11.5. The van der Waals surface area contributed by atoms with Gasteiger partial charge in [0.2, 0.25) is 10.0 Å². The van der Waals surface area contributed by atoms with Crippen LogP contribution in [0.2, 0.25) is 0 Å². The van der Waals surface area contributed by atoms with E-state index in [0.717, 1.165) is 25.6 Å². The van der Waals surface area contributed by atoms with E-state index in [0.29, 0.717) is 0 Å². The molecule has 2 aliphatic rings. The topological polar surface area (TPSA) is 89.5 Å². The fourth-order valence-corrected chi connectivity index (χ4v) is 4.94. The van der Waals surface area contributed by atoms with Crippen molar-refractivity contribution < 1.29 is 17.2 Å². The molecule has 4 unspecified atom stereocenters. The molecule has 1 aliphatic heterocycles. The van der Waals surface area contributed by atoms with E-state index < -0.39 is 27.3 Å². The predicted octanol–water partition coefficient (Wildman–Crippen LogP) is -0.281. The minimum atomic E-state index is -3.36. The van der Waals surface area contributed by atoms with Gasteiger partial charge in [-0.1, -0.05) is 18.0 Å². The third-order valence-corrected chi connectivity index (χ3v) is 5.94. The van der Waals surface area contributed by atoms with Crippen molar-refractivity contribution in [2.45, 2.75) is 25.9 Å². The lowest BCUT2D eigenvalue weighted by Gasteiger charge is -2.48. The van der Waals surface area contributed by atoms with Crippen LogP contribution in [0.3, 0.4) is 0 Å². The molecule has 1 heterocycles. The highest BCUT2D eigenvalue weighted by molar-refractivity contribution is 7.88. The summed E-state index contributed by atoms with van der Waals surface area (Å²) in [5.74, 6) is 0.00985. The van der Waals surface area contributed by atoms with Gasteiger partial charge in [-0.2, -0.15) is 4.72 Å². The highest BCUT2D eigenvalue weighted by Crippen LogP contribution is 2.57. The second kappa shape index (κ2) is 5.07. The first-order valence-electron chi connectivity index (χ1n) is 6.38. The van der Waals surface area contributed by atoms with E-state index in [1.807, 2.05) is 11.9 Å². The molecule has 4 atom stereocenters. The van der Waals surface area contributed by atoms with Gasteiger partial charge in [0.25, 0.3) is 0 Å². The molecule has 0 aromatic carbocycles. The summed E-state index contributed by atoms with van der Waals surface area (Å²) in [7, 11) is -1.50. The number of nitrogens with zero attached hydrogens (tertiary/aromatic N) is 1. The van der Waals surface area contributed by atoms with Crippen molar-refractivity contribution in [2.75, 3.05) is 25.6 Å². The lowest BCUT2D eigenvalue weighted by Crippen LogP contribution is -2.60. The Balaban J connectivity index is 2.24. The molecule has 0 aromatic heterocycles. The normalized spacial score (nSPS) is 36.3. The molecule has 0 aromatic rings. The third kappa shape index (κ3) is 3.36. The van der Waals surface area contributed by atoms with E-state index in [2.05, 4.69) is 11.6 Å². The predicted molar refractivity (Wildman–Crippen MR) is 72.5 cm³/mol. The number of hydrogen-bond donors (Lipinski definition) is 1. The van der Waals surface area contributed by atoms with Crippen LogP contribution in [0.4, 0.5) is 0 Å². The molecule has 0 amide bonds. The van der Waals surface area contributed by atoms with Crippen LogP contribution in [0.25, 0.3) is 0 Å².